The zero-order chi connectivity index (χ0) is 14.8. The monoisotopic (exact) mass is 306 g/mol. The van der Waals surface area contributed by atoms with Gasteiger partial charge in [-0.3, -0.25) is 19.7 Å². The molecule has 3 rings (SSSR count). The van der Waals surface area contributed by atoms with E-state index in [2.05, 4.69) is 25.5 Å². The number of amides is 1. The van der Waals surface area contributed by atoms with Crippen LogP contribution in [-0.2, 0) is 11.8 Å². The summed E-state index contributed by atoms with van der Waals surface area (Å²) < 4.78 is 1.80. The van der Waals surface area contributed by atoms with Crippen molar-refractivity contribution in [1.82, 2.24) is 24.9 Å². The second kappa shape index (κ2) is 5.90. The molecule has 1 N–H and O–H groups in total. The molecule has 3 heterocycles. The number of carbonyl (C=O) groups is 1. The van der Waals surface area contributed by atoms with E-state index in [1.165, 1.54) is 16.9 Å². The number of aromatic nitrogens is 4. The SMILES string of the molecule is Cc1nnc(NC(=O)CN2CCC[C@@H]2c2cnn(C)c2)s1. The van der Waals surface area contributed by atoms with Gasteiger partial charge in [-0.05, 0) is 26.3 Å². The van der Waals surface area contributed by atoms with Crippen molar-refractivity contribution >= 4 is 22.4 Å². The van der Waals surface area contributed by atoms with Gasteiger partial charge < -0.3 is 0 Å². The Labute approximate surface area is 127 Å². The number of hydrogen-bond acceptors (Lipinski definition) is 6. The molecule has 7 nitrogen and oxygen atoms in total. The Hall–Kier alpha value is -1.80. The van der Waals surface area contributed by atoms with Crippen LogP contribution in [0.15, 0.2) is 12.4 Å². The van der Waals surface area contributed by atoms with Crippen LogP contribution >= 0.6 is 11.3 Å². The van der Waals surface area contributed by atoms with E-state index in [-0.39, 0.29) is 11.9 Å². The summed E-state index contributed by atoms with van der Waals surface area (Å²) in [6.07, 6.45) is 6.08. The first-order valence-corrected chi connectivity index (χ1v) is 7.76. The topological polar surface area (TPSA) is 75.9 Å². The molecule has 0 unspecified atom stereocenters. The maximum Gasteiger partial charge on any atom is 0.240 e. The van der Waals surface area contributed by atoms with E-state index in [1.807, 2.05) is 26.4 Å². The molecule has 0 aliphatic carbocycles. The lowest BCUT2D eigenvalue weighted by molar-refractivity contribution is -0.117. The first-order valence-electron chi connectivity index (χ1n) is 6.94. The zero-order valence-electron chi connectivity index (χ0n) is 12.1. The molecule has 0 bridgehead atoms. The molecule has 0 radical (unpaired) electrons. The van der Waals surface area contributed by atoms with E-state index >= 15 is 0 Å². The maximum absolute atomic E-state index is 12.1. The van der Waals surface area contributed by atoms with Crippen molar-refractivity contribution in [2.75, 3.05) is 18.4 Å². The molecule has 112 valence electrons. The molecular weight excluding hydrogens is 288 g/mol. The highest BCUT2D eigenvalue weighted by Gasteiger charge is 2.28. The minimum Gasteiger partial charge on any atom is -0.299 e. The third-order valence-electron chi connectivity index (χ3n) is 3.59. The molecule has 2 aromatic heterocycles. The fraction of sp³-hybridized carbons (Fsp3) is 0.538. The number of carbonyl (C=O) groups excluding carboxylic acids is 1. The molecule has 1 saturated heterocycles. The normalized spacial score (nSPS) is 19.0. The minimum atomic E-state index is -0.0399. The molecule has 0 spiro atoms. The van der Waals surface area contributed by atoms with Crippen molar-refractivity contribution in [3.05, 3.63) is 23.0 Å². The largest absolute Gasteiger partial charge is 0.299 e. The lowest BCUT2D eigenvalue weighted by Gasteiger charge is -2.22. The average Bonchev–Trinajstić information content (AvgIpc) is 3.12. The van der Waals surface area contributed by atoms with Gasteiger partial charge in [-0.1, -0.05) is 11.3 Å². The molecule has 1 aliphatic rings. The number of anilines is 1. The number of aryl methyl sites for hydroxylation is 2. The molecule has 1 atom stereocenters. The smallest absolute Gasteiger partial charge is 0.240 e. The van der Waals surface area contributed by atoms with Gasteiger partial charge in [-0.2, -0.15) is 5.10 Å². The van der Waals surface area contributed by atoms with Gasteiger partial charge in [-0.25, -0.2) is 0 Å². The lowest BCUT2D eigenvalue weighted by atomic mass is 10.1. The Bertz CT molecular complexity index is 636. The van der Waals surface area contributed by atoms with Crippen molar-refractivity contribution < 1.29 is 4.79 Å². The van der Waals surface area contributed by atoms with E-state index in [4.69, 9.17) is 0 Å². The minimum absolute atomic E-state index is 0.0399. The van der Waals surface area contributed by atoms with Crippen molar-refractivity contribution in [1.29, 1.82) is 0 Å². The van der Waals surface area contributed by atoms with Crippen molar-refractivity contribution in [2.24, 2.45) is 7.05 Å². The summed E-state index contributed by atoms with van der Waals surface area (Å²) in [5.74, 6) is -0.0399. The molecule has 0 saturated carbocycles. The van der Waals surface area contributed by atoms with Crippen LogP contribution in [0.25, 0.3) is 0 Å². The van der Waals surface area contributed by atoms with Crippen LogP contribution in [0.5, 0.6) is 0 Å². The number of likely N-dealkylation sites (tertiary alicyclic amines) is 1. The summed E-state index contributed by atoms with van der Waals surface area (Å²) in [6.45, 7) is 3.17. The Morgan fingerprint density at radius 3 is 3.05 bits per heavy atom. The van der Waals surface area contributed by atoms with Crippen LogP contribution < -0.4 is 5.32 Å². The Balaban J connectivity index is 1.62. The van der Waals surface area contributed by atoms with Crippen molar-refractivity contribution in [3.63, 3.8) is 0 Å². The van der Waals surface area contributed by atoms with Crippen LogP contribution in [0.3, 0.4) is 0 Å². The molecule has 1 aliphatic heterocycles. The summed E-state index contributed by atoms with van der Waals surface area (Å²) in [4.78, 5) is 14.3. The lowest BCUT2D eigenvalue weighted by Crippen LogP contribution is -2.32. The Morgan fingerprint density at radius 1 is 1.52 bits per heavy atom. The molecule has 1 amide bonds. The second-order valence-electron chi connectivity index (χ2n) is 5.25. The number of hydrogen-bond donors (Lipinski definition) is 1. The third kappa shape index (κ3) is 3.27. The number of nitrogens with zero attached hydrogens (tertiary/aromatic N) is 5. The van der Waals surface area contributed by atoms with Crippen molar-refractivity contribution in [3.8, 4) is 0 Å². The van der Waals surface area contributed by atoms with E-state index in [1.54, 1.807) is 4.68 Å². The zero-order valence-corrected chi connectivity index (χ0v) is 12.9. The summed E-state index contributed by atoms with van der Waals surface area (Å²) in [7, 11) is 1.91. The predicted octanol–water partition coefficient (Wildman–Crippen LogP) is 1.36. The summed E-state index contributed by atoms with van der Waals surface area (Å²) in [6, 6.07) is 0.278. The highest BCUT2D eigenvalue weighted by molar-refractivity contribution is 7.15. The van der Waals surface area contributed by atoms with Gasteiger partial charge >= 0.3 is 0 Å². The van der Waals surface area contributed by atoms with Gasteiger partial charge in [0.05, 0.1) is 12.7 Å². The Morgan fingerprint density at radius 2 is 2.38 bits per heavy atom. The van der Waals surface area contributed by atoms with Gasteiger partial charge in [0.2, 0.25) is 11.0 Å². The van der Waals surface area contributed by atoms with Gasteiger partial charge in [0.15, 0.2) is 0 Å². The highest BCUT2D eigenvalue weighted by atomic mass is 32.1. The first-order chi connectivity index (χ1) is 10.1. The quantitative estimate of drug-likeness (QED) is 0.923. The van der Waals surface area contributed by atoms with Crippen molar-refractivity contribution in [2.45, 2.75) is 25.8 Å². The van der Waals surface area contributed by atoms with Crippen LogP contribution in [0.1, 0.15) is 29.5 Å². The van der Waals surface area contributed by atoms with Gasteiger partial charge in [0.25, 0.3) is 0 Å². The molecule has 0 aromatic carbocycles. The number of nitrogens with one attached hydrogen (secondary N) is 1. The molecule has 1 fully saturated rings. The van der Waals surface area contributed by atoms with E-state index in [0.29, 0.717) is 11.7 Å². The van der Waals surface area contributed by atoms with Gasteiger partial charge in [0, 0.05) is 24.8 Å². The third-order valence-corrected chi connectivity index (χ3v) is 4.35. The first kappa shape index (κ1) is 14.2. The molecule has 2 aromatic rings. The Kier molecular flexibility index (Phi) is 3.98. The van der Waals surface area contributed by atoms with Crippen LogP contribution in [-0.4, -0.2) is 43.9 Å². The highest BCUT2D eigenvalue weighted by Crippen LogP contribution is 2.31. The van der Waals surface area contributed by atoms with E-state index in [0.717, 1.165) is 24.4 Å². The van der Waals surface area contributed by atoms with Crippen LogP contribution in [0.4, 0.5) is 5.13 Å². The van der Waals surface area contributed by atoms with Crippen LogP contribution in [0, 0.1) is 6.92 Å². The summed E-state index contributed by atoms with van der Waals surface area (Å²) in [5, 5.41) is 16.3. The molecular formula is C13H18N6OS. The fourth-order valence-electron chi connectivity index (χ4n) is 2.70. The summed E-state index contributed by atoms with van der Waals surface area (Å²) in [5.41, 5.74) is 1.18. The average molecular weight is 306 g/mol. The molecule has 21 heavy (non-hydrogen) atoms. The van der Waals surface area contributed by atoms with Gasteiger partial charge in [0.1, 0.15) is 5.01 Å². The van der Waals surface area contributed by atoms with E-state index < -0.39 is 0 Å². The predicted molar refractivity (Wildman–Crippen MR) is 80.0 cm³/mol. The number of rotatable bonds is 4. The van der Waals surface area contributed by atoms with E-state index in [9.17, 15) is 4.79 Å². The van der Waals surface area contributed by atoms with Gasteiger partial charge in [-0.15, -0.1) is 10.2 Å². The standard InChI is InChI=1S/C13H18N6OS/c1-9-16-17-13(21-9)15-12(20)8-19-5-3-4-11(19)10-6-14-18(2)7-10/h6-7,11H,3-5,8H2,1-2H3,(H,15,17,20)/t11-/m1/s1. The second-order valence-corrected chi connectivity index (χ2v) is 6.43. The maximum atomic E-state index is 12.1. The summed E-state index contributed by atoms with van der Waals surface area (Å²) >= 11 is 1.39. The van der Waals surface area contributed by atoms with Crippen LogP contribution in [0.2, 0.25) is 0 Å². The molecule has 8 heteroatoms. The fourth-order valence-corrected chi connectivity index (χ4v) is 3.30.